The van der Waals surface area contributed by atoms with Crippen LogP contribution in [0, 0.1) is 6.92 Å². The van der Waals surface area contributed by atoms with Gasteiger partial charge in [0.15, 0.2) is 0 Å². The van der Waals surface area contributed by atoms with Gasteiger partial charge in [-0.2, -0.15) is 0 Å². The summed E-state index contributed by atoms with van der Waals surface area (Å²) in [5, 5.41) is 2.96. The van der Waals surface area contributed by atoms with Crippen molar-refractivity contribution in [2.45, 2.75) is 13.5 Å². The minimum absolute atomic E-state index is 0.103. The second-order valence-corrected chi connectivity index (χ2v) is 5.19. The molecule has 0 saturated heterocycles. The molecule has 1 N–H and O–H groups in total. The van der Waals surface area contributed by atoms with E-state index in [1.807, 2.05) is 61.5 Å². The Balaban J connectivity index is 1.78. The molecule has 0 atom stereocenters. The van der Waals surface area contributed by atoms with Crippen LogP contribution in [0.3, 0.4) is 0 Å². The molecule has 0 radical (unpaired) electrons. The smallest absolute Gasteiger partial charge is 0.252 e. The summed E-state index contributed by atoms with van der Waals surface area (Å²) in [5.41, 5.74) is 3.69. The molecule has 1 amide bonds. The lowest BCUT2D eigenvalue weighted by atomic mass is 10.0. The molecule has 1 heterocycles. The predicted octanol–water partition coefficient (Wildman–Crippen LogP) is 4.19. The molecule has 0 spiro atoms. The van der Waals surface area contributed by atoms with Gasteiger partial charge in [0, 0.05) is 12.1 Å². The van der Waals surface area contributed by atoms with E-state index < -0.39 is 0 Å². The van der Waals surface area contributed by atoms with Gasteiger partial charge in [-0.1, -0.05) is 48.0 Å². The first kappa shape index (κ1) is 14.1. The average molecular weight is 291 g/mol. The van der Waals surface area contributed by atoms with Crippen molar-refractivity contribution in [2.75, 3.05) is 0 Å². The van der Waals surface area contributed by atoms with Crippen LogP contribution in [0.25, 0.3) is 11.3 Å². The molecule has 0 aliphatic rings. The molecule has 3 aromatic rings. The molecule has 3 nitrogen and oxygen atoms in total. The molecule has 1 aromatic heterocycles. The number of carbonyl (C=O) groups is 1. The number of amides is 1. The Morgan fingerprint density at radius 2 is 1.91 bits per heavy atom. The number of carbonyl (C=O) groups excluding carboxylic acids is 1. The number of aryl methyl sites for hydroxylation is 1. The van der Waals surface area contributed by atoms with Crippen LogP contribution in [0.5, 0.6) is 0 Å². The van der Waals surface area contributed by atoms with Crippen LogP contribution in [0.4, 0.5) is 0 Å². The Morgan fingerprint density at radius 3 is 2.68 bits per heavy atom. The zero-order valence-corrected chi connectivity index (χ0v) is 12.4. The van der Waals surface area contributed by atoms with Crippen molar-refractivity contribution in [2.24, 2.45) is 0 Å². The van der Waals surface area contributed by atoms with E-state index in [0.29, 0.717) is 17.9 Å². The van der Waals surface area contributed by atoms with E-state index in [4.69, 9.17) is 4.42 Å². The van der Waals surface area contributed by atoms with Crippen molar-refractivity contribution in [1.82, 2.24) is 5.32 Å². The first-order valence-corrected chi connectivity index (χ1v) is 7.21. The highest BCUT2D eigenvalue weighted by Crippen LogP contribution is 2.24. The van der Waals surface area contributed by atoms with E-state index >= 15 is 0 Å². The molecular weight excluding hydrogens is 274 g/mol. The highest BCUT2D eigenvalue weighted by molar-refractivity contribution is 6.00. The van der Waals surface area contributed by atoms with Crippen LogP contribution in [-0.2, 0) is 6.54 Å². The maximum absolute atomic E-state index is 12.5. The average Bonchev–Trinajstić information content (AvgIpc) is 3.07. The van der Waals surface area contributed by atoms with Crippen LogP contribution in [-0.4, -0.2) is 5.91 Å². The molecule has 3 heteroatoms. The zero-order valence-electron chi connectivity index (χ0n) is 12.4. The van der Waals surface area contributed by atoms with Gasteiger partial charge >= 0.3 is 0 Å². The molecule has 0 bridgehead atoms. The van der Waals surface area contributed by atoms with Crippen LogP contribution >= 0.6 is 0 Å². The maximum Gasteiger partial charge on any atom is 0.252 e. The SMILES string of the molecule is Cc1cccc(CNC(=O)c2ccccc2-c2ccco2)c1. The fourth-order valence-corrected chi connectivity index (χ4v) is 2.43. The number of rotatable bonds is 4. The molecule has 0 fully saturated rings. The second kappa shape index (κ2) is 6.31. The van der Waals surface area contributed by atoms with Gasteiger partial charge in [0.2, 0.25) is 0 Å². The molecule has 0 aliphatic heterocycles. The third kappa shape index (κ3) is 3.09. The van der Waals surface area contributed by atoms with Crippen LogP contribution in [0.1, 0.15) is 21.5 Å². The largest absolute Gasteiger partial charge is 0.464 e. The summed E-state index contributed by atoms with van der Waals surface area (Å²) in [6.07, 6.45) is 1.61. The summed E-state index contributed by atoms with van der Waals surface area (Å²) < 4.78 is 5.41. The molecule has 22 heavy (non-hydrogen) atoms. The van der Waals surface area contributed by atoms with E-state index in [1.165, 1.54) is 5.56 Å². The molecule has 0 aliphatic carbocycles. The number of hydrogen-bond donors (Lipinski definition) is 1. The van der Waals surface area contributed by atoms with Gasteiger partial charge in [0.1, 0.15) is 5.76 Å². The maximum atomic E-state index is 12.5. The number of benzene rings is 2. The fraction of sp³-hybridized carbons (Fsp3) is 0.105. The van der Waals surface area contributed by atoms with E-state index in [1.54, 1.807) is 6.26 Å². The molecule has 3 rings (SSSR count). The number of hydrogen-bond acceptors (Lipinski definition) is 2. The number of nitrogens with one attached hydrogen (secondary N) is 1. The van der Waals surface area contributed by atoms with Crippen LogP contribution < -0.4 is 5.32 Å². The van der Waals surface area contributed by atoms with Crippen LogP contribution in [0.15, 0.2) is 71.3 Å². The van der Waals surface area contributed by atoms with Crippen LogP contribution in [0.2, 0.25) is 0 Å². The third-order valence-electron chi connectivity index (χ3n) is 3.49. The topological polar surface area (TPSA) is 42.2 Å². The lowest BCUT2D eigenvalue weighted by molar-refractivity contribution is 0.0951. The number of furan rings is 1. The third-order valence-corrected chi connectivity index (χ3v) is 3.49. The summed E-state index contributed by atoms with van der Waals surface area (Å²) in [5.74, 6) is 0.592. The Kier molecular flexibility index (Phi) is 4.05. The summed E-state index contributed by atoms with van der Waals surface area (Å²) in [7, 11) is 0. The normalized spacial score (nSPS) is 10.4. The molecule has 2 aromatic carbocycles. The van der Waals surface area contributed by atoms with Gasteiger partial charge in [-0.3, -0.25) is 4.79 Å². The molecule has 110 valence electrons. The van der Waals surface area contributed by atoms with Gasteiger partial charge in [-0.05, 0) is 30.7 Å². The minimum atomic E-state index is -0.103. The lowest BCUT2D eigenvalue weighted by Gasteiger charge is -2.09. The van der Waals surface area contributed by atoms with Crippen molar-refractivity contribution in [3.63, 3.8) is 0 Å². The van der Waals surface area contributed by atoms with Crippen molar-refractivity contribution in [1.29, 1.82) is 0 Å². The molecule has 0 unspecified atom stereocenters. The highest BCUT2D eigenvalue weighted by Gasteiger charge is 2.13. The lowest BCUT2D eigenvalue weighted by Crippen LogP contribution is -2.23. The first-order chi connectivity index (χ1) is 10.7. The summed E-state index contributed by atoms with van der Waals surface area (Å²) in [4.78, 5) is 12.5. The van der Waals surface area contributed by atoms with Gasteiger partial charge in [-0.25, -0.2) is 0 Å². The van der Waals surface area contributed by atoms with Gasteiger partial charge < -0.3 is 9.73 Å². The summed E-state index contributed by atoms with van der Waals surface area (Å²) in [6, 6.07) is 19.2. The van der Waals surface area contributed by atoms with Crippen molar-refractivity contribution >= 4 is 5.91 Å². The molecular formula is C19H17NO2. The summed E-state index contributed by atoms with van der Waals surface area (Å²) >= 11 is 0. The first-order valence-electron chi connectivity index (χ1n) is 7.21. The minimum Gasteiger partial charge on any atom is -0.464 e. The van der Waals surface area contributed by atoms with E-state index in [9.17, 15) is 4.79 Å². The predicted molar refractivity (Wildman–Crippen MR) is 86.5 cm³/mol. The van der Waals surface area contributed by atoms with Gasteiger partial charge in [-0.15, -0.1) is 0 Å². The Morgan fingerprint density at radius 1 is 1.05 bits per heavy atom. The van der Waals surface area contributed by atoms with E-state index in [2.05, 4.69) is 11.4 Å². The van der Waals surface area contributed by atoms with Crippen molar-refractivity contribution in [3.8, 4) is 11.3 Å². The Bertz CT molecular complexity index is 776. The van der Waals surface area contributed by atoms with Crippen molar-refractivity contribution < 1.29 is 9.21 Å². The zero-order chi connectivity index (χ0) is 15.4. The van der Waals surface area contributed by atoms with Gasteiger partial charge in [0.05, 0.1) is 11.8 Å². The van der Waals surface area contributed by atoms with E-state index in [-0.39, 0.29) is 5.91 Å². The monoisotopic (exact) mass is 291 g/mol. The Labute approximate surface area is 129 Å². The Hall–Kier alpha value is -2.81. The summed E-state index contributed by atoms with van der Waals surface area (Å²) in [6.45, 7) is 2.55. The highest BCUT2D eigenvalue weighted by atomic mass is 16.3. The fourth-order valence-electron chi connectivity index (χ4n) is 2.43. The van der Waals surface area contributed by atoms with E-state index in [0.717, 1.165) is 11.1 Å². The van der Waals surface area contributed by atoms with Gasteiger partial charge in [0.25, 0.3) is 5.91 Å². The van der Waals surface area contributed by atoms with Crippen molar-refractivity contribution in [3.05, 3.63) is 83.6 Å². The quantitative estimate of drug-likeness (QED) is 0.783. The standard InChI is InChI=1S/C19H17NO2/c1-14-6-4-7-15(12-14)13-20-19(21)17-9-3-2-8-16(17)18-10-5-11-22-18/h2-12H,13H2,1H3,(H,20,21). The second-order valence-electron chi connectivity index (χ2n) is 5.19. The molecule has 0 saturated carbocycles.